The van der Waals surface area contributed by atoms with Crippen molar-refractivity contribution in [2.24, 2.45) is 11.3 Å². The summed E-state index contributed by atoms with van der Waals surface area (Å²) in [5.74, 6) is 1.35. The fourth-order valence-electron chi connectivity index (χ4n) is 6.04. The van der Waals surface area contributed by atoms with Crippen LogP contribution in [0.4, 0.5) is 10.5 Å². The largest absolute Gasteiger partial charge is 0.496 e. The van der Waals surface area contributed by atoms with Gasteiger partial charge in [0.05, 0.1) is 24.7 Å². The molecule has 7 nitrogen and oxygen atoms in total. The van der Waals surface area contributed by atoms with Crippen molar-refractivity contribution in [1.82, 2.24) is 9.80 Å². The highest BCUT2D eigenvalue weighted by Crippen LogP contribution is 2.45. The predicted octanol–water partition coefficient (Wildman–Crippen LogP) is 3.24. The van der Waals surface area contributed by atoms with Crippen molar-refractivity contribution < 1.29 is 17.9 Å². The highest BCUT2D eigenvalue weighted by atomic mass is 32.2. The van der Waals surface area contributed by atoms with Gasteiger partial charge in [-0.2, -0.15) is 0 Å². The minimum absolute atomic E-state index is 0.0148. The number of fused-ring (bicyclic) bond motifs is 5. The van der Waals surface area contributed by atoms with Crippen molar-refractivity contribution >= 4 is 32.3 Å². The summed E-state index contributed by atoms with van der Waals surface area (Å²) in [7, 11) is -1.31. The van der Waals surface area contributed by atoms with E-state index >= 15 is 0 Å². The van der Waals surface area contributed by atoms with Crippen LogP contribution in [-0.4, -0.2) is 81.6 Å². The average Bonchev–Trinajstić information content (AvgIpc) is 3.05. The van der Waals surface area contributed by atoms with E-state index in [9.17, 15) is 13.2 Å². The third-order valence-corrected chi connectivity index (χ3v) is 9.30. The van der Waals surface area contributed by atoms with E-state index in [-0.39, 0.29) is 29.0 Å². The zero-order chi connectivity index (χ0) is 23.4. The van der Waals surface area contributed by atoms with Gasteiger partial charge in [-0.1, -0.05) is 38.1 Å². The molecule has 8 heteroatoms. The number of anilines is 1. The van der Waals surface area contributed by atoms with Gasteiger partial charge in [0, 0.05) is 49.2 Å². The number of ether oxygens (including phenoxy) is 1. The van der Waals surface area contributed by atoms with Gasteiger partial charge >= 0.3 is 6.03 Å². The SMILES string of the molecule is COc1ccc(N2C[C@H]3CN(C(=O)N4CCS(=O)(=O)CC4)C[C@@H]2C(C)(C)C3)c2ccccc12. The number of hydrogen-bond acceptors (Lipinski definition) is 5. The normalized spacial score (nSPS) is 26.3. The lowest BCUT2D eigenvalue weighted by molar-refractivity contribution is 0.153. The van der Waals surface area contributed by atoms with Crippen molar-refractivity contribution in [1.29, 1.82) is 0 Å². The van der Waals surface area contributed by atoms with Crippen LogP contribution < -0.4 is 9.64 Å². The number of nitrogens with zero attached hydrogens (tertiary/aromatic N) is 3. The van der Waals surface area contributed by atoms with Crippen LogP contribution in [0.15, 0.2) is 36.4 Å². The molecule has 0 unspecified atom stereocenters. The maximum atomic E-state index is 13.4. The lowest BCUT2D eigenvalue weighted by Gasteiger charge is -2.48. The number of methoxy groups -OCH3 is 1. The Balaban J connectivity index is 1.47. The van der Waals surface area contributed by atoms with Gasteiger partial charge in [-0.15, -0.1) is 0 Å². The van der Waals surface area contributed by atoms with Crippen LogP contribution in [0, 0.1) is 11.3 Å². The van der Waals surface area contributed by atoms with Gasteiger partial charge in [-0.25, -0.2) is 13.2 Å². The van der Waals surface area contributed by atoms with E-state index in [0.717, 1.165) is 24.1 Å². The van der Waals surface area contributed by atoms with Crippen molar-refractivity contribution in [3.05, 3.63) is 36.4 Å². The first-order chi connectivity index (χ1) is 15.7. The first kappa shape index (κ1) is 22.3. The Bertz CT molecular complexity index is 1170. The molecule has 4 aliphatic heterocycles. The predicted molar refractivity (Wildman–Crippen MR) is 131 cm³/mol. The molecule has 4 fully saturated rings. The molecule has 4 saturated heterocycles. The first-order valence-electron chi connectivity index (χ1n) is 11.8. The molecule has 4 aliphatic rings. The number of rotatable bonds is 2. The fraction of sp³-hybridized carbons (Fsp3) is 0.560. The van der Waals surface area contributed by atoms with Crippen molar-refractivity contribution in [2.45, 2.75) is 26.3 Å². The molecule has 4 heterocycles. The second kappa shape index (κ2) is 8.08. The number of carbonyl (C=O) groups is 1. The number of carbonyl (C=O) groups excluding carboxylic acids is 1. The number of piperidine rings is 1. The molecule has 0 saturated carbocycles. The standard InChI is InChI=1S/C25H33N3O4S/c1-25(2)14-18-15-27(24(29)26-10-12-33(30,31)13-11-26)17-23(25)28(16-18)21-8-9-22(32-3)20-7-5-4-6-19(20)21/h4-9,18,23H,10-17H2,1-3H3/t18-,23-/m1/s1. The Labute approximate surface area is 196 Å². The molecule has 2 aromatic carbocycles. The Morgan fingerprint density at radius 1 is 0.970 bits per heavy atom. The van der Waals surface area contributed by atoms with Crippen LogP contribution in [0.5, 0.6) is 5.75 Å². The van der Waals surface area contributed by atoms with Crippen LogP contribution >= 0.6 is 0 Å². The average molecular weight is 472 g/mol. The Morgan fingerprint density at radius 3 is 2.36 bits per heavy atom. The molecule has 0 spiro atoms. The number of hydrogen-bond donors (Lipinski definition) is 0. The Kier molecular flexibility index (Phi) is 5.46. The quantitative estimate of drug-likeness (QED) is 0.673. The summed E-state index contributed by atoms with van der Waals surface area (Å²) in [6, 6.07) is 12.7. The summed E-state index contributed by atoms with van der Waals surface area (Å²) in [6.07, 6.45) is 1.07. The van der Waals surface area contributed by atoms with E-state index in [0.29, 0.717) is 32.1 Å². The van der Waals surface area contributed by atoms with Gasteiger partial charge in [0.1, 0.15) is 5.75 Å². The summed E-state index contributed by atoms with van der Waals surface area (Å²) in [6.45, 7) is 7.47. The van der Waals surface area contributed by atoms with Crippen LogP contribution in [-0.2, 0) is 9.84 Å². The molecule has 2 amide bonds. The molecule has 2 bridgehead atoms. The van der Waals surface area contributed by atoms with Gasteiger partial charge in [0.25, 0.3) is 0 Å². The number of urea groups is 1. The van der Waals surface area contributed by atoms with E-state index in [1.54, 1.807) is 12.0 Å². The number of sulfone groups is 1. The van der Waals surface area contributed by atoms with E-state index in [4.69, 9.17) is 4.74 Å². The van der Waals surface area contributed by atoms with Gasteiger partial charge in [-0.3, -0.25) is 0 Å². The molecule has 33 heavy (non-hydrogen) atoms. The van der Waals surface area contributed by atoms with E-state index in [1.165, 1.54) is 11.1 Å². The van der Waals surface area contributed by atoms with Gasteiger partial charge < -0.3 is 19.4 Å². The van der Waals surface area contributed by atoms with Crippen LogP contribution in [0.25, 0.3) is 10.8 Å². The minimum atomic E-state index is -3.02. The topological polar surface area (TPSA) is 70.2 Å². The monoisotopic (exact) mass is 471 g/mol. The van der Waals surface area contributed by atoms with Gasteiger partial charge in [0.2, 0.25) is 0 Å². The van der Waals surface area contributed by atoms with E-state index < -0.39 is 9.84 Å². The molecule has 6 rings (SSSR count). The van der Waals surface area contributed by atoms with Crippen molar-refractivity contribution in [3.8, 4) is 5.75 Å². The van der Waals surface area contributed by atoms with Crippen LogP contribution in [0.3, 0.4) is 0 Å². The molecule has 0 aromatic heterocycles. The molecule has 178 valence electrons. The zero-order valence-electron chi connectivity index (χ0n) is 19.7. The third-order valence-electron chi connectivity index (χ3n) is 7.70. The highest BCUT2D eigenvalue weighted by molar-refractivity contribution is 7.91. The molecular formula is C25H33N3O4S. The number of benzene rings is 2. The smallest absolute Gasteiger partial charge is 0.320 e. The zero-order valence-corrected chi connectivity index (χ0v) is 20.5. The van der Waals surface area contributed by atoms with Crippen LogP contribution in [0.2, 0.25) is 0 Å². The lowest BCUT2D eigenvalue weighted by Crippen LogP contribution is -2.55. The fourth-order valence-corrected chi connectivity index (χ4v) is 7.25. The van der Waals surface area contributed by atoms with E-state index in [2.05, 4.69) is 43.0 Å². The molecule has 2 aromatic rings. The van der Waals surface area contributed by atoms with Gasteiger partial charge in [0.15, 0.2) is 9.84 Å². The summed E-state index contributed by atoms with van der Waals surface area (Å²) >= 11 is 0. The van der Waals surface area contributed by atoms with E-state index in [1.807, 2.05) is 17.0 Å². The summed E-state index contributed by atoms with van der Waals surface area (Å²) < 4.78 is 29.3. The molecule has 0 aliphatic carbocycles. The van der Waals surface area contributed by atoms with Crippen molar-refractivity contribution in [2.75, 3.05) is 56.2 Å². The molecule has 2 atom stereocenters. The lowest BCUT2D eigenvalue weighted by atomic mass is 9.73. The van der Waals surface area contributed by atoms with Crippen molar-refractivity contribution in [3.63, 3.8) is 0 Å². The first-order valence-corrected chi connectivity index (χ1v) is 13.6. The molecular weight excluding hydrogens is 438 g/mol. The van der Waals surface area contributed by atoms with Crippen LogP contribution in [0.1, 0.15) is 20.3 Å². The minimum Gasteiger partial charge on any atom is -0.496 e. The molecule has 0 N–H and O–H groups in total. The maximum absolute atomic E-state index is 13.4. The highest BCUT2D eigenvalue weighted by Gasteiger charge is 2.47. The molecule has 0 radical (unpaired) electrons. The maximum Gasteiger partial charge on any atom is 0.320 e. The second-order valence-electron chi connectivity index (χ2n) is 10.4. The summed E-state index contributed by atoms with van der Waals surface area (Å²) in [5, 5.41) is 2.26. The second-order valence-corrected chi connectivity index (χ2v) is 12.7. The summed E-state index contributed by atoms with van der Waals surface area (Å²) in [4.78, 5) is 19.6. The Morgan fingerprint density at radius 2 is 1.67 bits per heavy atom. The van der Waals surface area contributed by atoms with Gasteiger partial charge in [-0.05, 0) is 29.9 Å². The Hall–Kier alpha value is -2.48. The summed E-state index contributed by atoms with van der Waals surface area (Å²) in [5.41, 5.74) is 1.23. The number of amides is 2. The third kappa shape index (κ3) is 4.03.